The fourth-order valence-corrected chi connectivity index (χ4v) is 2.51. The van der Waals surface area contributed by atoms with E-state index in [0.717, 1.165) is 28.2 Å². The number of nitrogens with one attached hydrogen (secondary N) is 1. The summed E-state index contributed by atoms with van der Waals surface area (Å²) in [4.78, 5) is 12.4. The van der Waals surface area contributed by atoms with Crippen molar-refractivity contribution in [2.24, 2.45) is 0 Å². The molecule has 0 spiro atoms. The smallest absolute Gasteiger partial charge is 0.261 e. The van der Waals surface area contributed by atoms with Crippen LogP contribution < -0.4 is 14.8 Å². The minimum Gasteiger partial charge on any atom is -0.494 e. The molecule has 2 aromatic carbocycles. The molecule has 2 aromatic rings. The normalized spacial score (nSPS) is 13.0. The fraction of sp³-hybridized carbons (Fsp3) is 0.381. The quantitative estimate of drug-likeness (QED) is 0.814. The van der Waals surface area contributed by atoms with Crippen LogP contribution in [0.2, 0.25) is 0 Å². The highest BCUT2D eigenvalue weighted by atomic mass is 16.5. The van der Waals surface area contributed by atoms with E-state index >= 15 is 0 Å². The average Bonchev–Trinajstić information content (AvgIpc) is 2.59. The van der Waals surface area contributed by atoms with Gasteiger partial charge in [0, 0.05) is 0 Å². The molecule has 0 aliphatic heterocycles. The zero-order valence-electron chi connectivity index (χ0n) is 15.6. The third-order valence-corrected chi connectivity index (χ3v) is 4.07. The molecule has 1 amide bonds. The Morgan fingerprint density at radius 1 is 1.08 bits per heavy atom. The van der Waals surface area contributed by atoms with Gasteiger partial charge >= 0.3 is 0 Å². The first-order valence-corrected chi connectivity index (χ1v) is 8.67. The third kappa shape index (κ3) is 5.24. The maximum Gasteiger partial charge on any atom is 0.261 e. The molecule has 2 rings (SSSR count). The zero-order valence-corrected chi connectivity index (χ0v) is 15.6. The Bertz CT molecular complexity index is 710. The molecule has 4 nitrogen and oxygen atoms in total. The lowest BCUT2D eigenvalue weighted by molar-refractivity contribution is -0.127. The van der Waals surface area contributed by atoms with Crippen molar-refractivity contribution in [3.05, 3.63) is 59.2 Å². The minimum atomic E-state index is -0.564. The van der Waals surface area contributed by atoms with Crippen LogP contribution in [0.5, 0.6) is 11.5 Å². The van der Waals surface area contributed by atoms with Crippen LogP contribution in [0.15, 0.2) is 42.5 Å². The number of ether oxygens (including phenoxy) is 2. The Labute approximate surface area is 150 Å². The van der Waals surface area contributed by atoms with Gasteiger partial charge in [0.25, 0.3) is 5.91 Å². The molecule has 0 aliphatic rings. The predicted molar refractivity (Wildman–Crippen MR) is 100 cm³/mol. The Hall–Kier alpha value is -2.49. The van der Waals surface area contributed by atoms with Crippen LogP contribution in [0.4, 0.5) is 0 Å². The van der Waals surface area contributed by atoms with Crippen molar-refractivity contribution in [2.75, 3.05) is 6.61 Å². The Kier molecular flexibility index (Phi) is 6.45. The van der Waals surface area contributed by atoms with Crippen molar-refractivity contribution in [1.82, 2.24) is 5.32 Å². The largest absolute Gasteiger partial charge is 0.494 e. The highest BCUT2D eigenvalue weighted by Crippen LogP contribution is 2.21. The Morgan fingerprint density at radius 3 is 2.40 bits per heavy atom. The van der Waals surface area contributed by atoms with Gasteiger partial charge in [0.1, 0.15) is 11.5 Å². The van der Waals surface area contributed by atoms with Crippen molar-refractivity contribution in [2.45, 2.75) is 46.8 Å². The summed E-state index contributed by atoms with van der Waals surface area (Å²) in [5.41, 5.74) is 3.15. The van der Waals surface area contributed by atoms with Crippen molar-refractivity contribution in [1.29, 1.82) is 0 Å². The average molecular weight is 341 g/mol. The van der Waals surface area contributed by atoms with Crippen LogP contribution in [-0.4, -0.2) is 18.6 Å². The van der Waals surface area contributed by atoms with Crippen LogP contribution >= 0.6 is 0 Å². The second kappa shape index (κ2) is 8.56. The summed E-state index contributed by atoms with van der Waals surface area (Å²) < 4.78 is 11.3. The summed E-state index contributed by atoms with van der Waals surface area (Å²) in [5, 5.41) is 3.00. The number of carbonyl (C=O) groups excluding carboxylic acids is 1. The first kappa shape index (κ1) is 18.8. The molecule has 0 radical (unpaired) electrons. The molecule has 0 saturated carbocycles. The van der Waals surface area contributed by atoms with E-state index in [-0.39, 0.29) is 11.9 Å². The predicted octanol–water partition coefficient (Wildman–Crippen LogP) is 4.35. The van der Waals surface area contributed by atoms with Crippen LogP contribution in [0.3, 0.4) is 0 Å². The van der Waals surface area contributed by atoms with E-state index in [1.54, 1.807) is 6.92 Å². The summed E-state index contributed by atoms with van der Waals surface area (Å²) in [6, 6.07) is 13.6. The molecule has 2 atom stereocenters. The van der Waals surface area contributed by atoms with Gasteiger partial charge in [-0.2, -0.15) is 0 Å². The number of amides is 1. The number of aryl methyl sites for hydroxylation is 2. The van der Waals surface area contributed by atoms with E-state index in [1.807, 2.05) is 70.2 Å². The summed E-state index contributed by atoms with van der Waals surface area (Å²) >= 11 is 0. The summed E-state index contributed by atoms with van der Waals surface area (Å²) in [6.07, 6.45) is -0.564. The molecular formula is C21H27NO3. The molecule has 134 valence electrons. The van der Waals surface area contributed by atoms with E-state index in [0.29, 0.717) is 6.61 Å². The number of carbonyl (C=O) groups is 1. The Balaban J connectivity index is 1.96. The maximum atomic E-state index is 12.4. The fourth-order valence-electron chi connectivity index (χ4n) is 2.51. The summed E-state index contributed by atoms with van der Waals surface area (Å²) in [5.74, 6) is 1.44. The van der Waals surface area contributed by atoms with E-state index in [1.165, 1.54) is 0 Å². The first-order valence-electron chi connectivity index (χ1n) is 8.67. The highest BCUT2D eigenvalue weighted by Gasteiger charge is 2.18. The number of benzene rings is 2. The molecule has 0 unspecified atom stereocenters. The van der Waals surface area contributed by atoms with E-state index in [9.17, 15) is 4.79 Å². The second-order valence-electron chi connectivity index (χ2n) is 6.26. The van der Waals surface area contributed by atoms with Crippen LogP contribution in [0.25, 0.3) is 0 Å². The van der Waals surface area contributed by atoms with Crippen molar-refractivity contribution in [3.63, 3.8) is 0 Å². The number of hydrogen-bond donors (Lipinski definition) is 1. The molecule has 0 heterocycles. The molecule has 0 aromatic heterocycles. The van der Waals surface area contributed by atoms with Gasteiger partial charge in [-0.25, -0.2) is 0 Å². The zero-order chi connectivity index (χ0) is 18.4. The van der Waals surface area contributed by atoms with Crippen molar-refractivity contribution < 1.29 is 14.3 Å². The molecule has 1 N–H and O–H groups in total. The van der Waals surface area contributed by atoms with Gasteiger partial charge in [-0.15, -0.1) is 0 Å². The van der Waals surface area contributed by atoms with E-state index in [4.69, 9.17) is 9.47 Å². The molecule has 0 aliphatic carbocycles. The molecule has 0 saturated heterocycles. The van der Waals surface area contributed by atoms with Gasteiger partial charge in [-0.3, -0.25) is 4.79 Å². The number of hydrogen-bond acceptors (Lipinski definition) is 3. The van der Waals surface area contributed by atoms with Crippen molar-refractivity contribution in [3.8, 4) is 11.5 Å². The highest BCUT2D eigenvalue weighted by molar-refractivity contribution is 5.81. The van der Waals surface area contributed by atoms with E-state index < -0.39 is 6.10 Å². The van der Waals surface area contributed by atoms with Gasteiger partial charge in [0.15, 0.2) is 6.10 Å². The van der Waals surface area contributed by atoms with Gasteiger partial charge in [0.05, 0.1) is 12.6 Å². The Morgan fingerprint density at radius 2 is 1.76 bits per heavy atom. The first-order chi connectivity index (χ1) is 11.9. The maximum absolute atomic E-state index is 12.4. The number of rotatable bonds is 7. The monoisotopic (exact) mass is 341 g/mol. The van der Waals surface area contributed by atoms with E-state index in [2.05, 4.69) is 5.32 Å². The molecule has 25 heavy (non-hydrogen) atoms. The van der Waals surface area contributed by atoms with Crippen LogP contribution in [0.1, 0.15) is 43.5 Å². The van der Waals surface area contributed by atoms with Gasteiger partial charge < -0.3 is 14.8 Å². The lowest BCUT2D eigenvalue weighted by Gasteiger charge is -2.20. The van der Waals surface area contributed by atoms with Crippen LogP contribution in [-0.2, 0) is 4.79 Å². The lowest BCUT2D eigenvalue weighted by atomic mass is 10.1. The second-order valence-corrected chi connectivity index (χ2v) is 6.26. The molecule has 4 heteroatoms. The standard InChI is InChI=1S/C21H27NO3/c1-6-24-19-11-9-18(10-12-19)16(4)22-21(23)17(5)25-20-13-14(2)7-8-15(20)3/h7-13,16-17H,6H2,1-5H3,(H,22,23)/t16-,17-/m1/s1. The molecular weight excluding hydrogens is 314 g/mol. The topological polar surface area (TPSA) is 47.6 Å². The van der Waals surface area contributed by atoms with Crippen molar-refractivity contribution >= 4 is 5.91 Å². The molecule has 0 bridgehead atoms. The van der Waals surface area contributed by atoms with Crippen LogP contribution in [0, 0.1) is 13.8 Å². The SMILES string of the molecule is CCOc1ccc([C@@H](C)NC(=O)[C@@H](C)Oc2cc(C)ccc2C)cc1. The molecule has 0 fully saturated rings. The summed E-state index contributed by atoms with van der Waals surface area (Å²) in [7, 11) is 0. The summed E-state index contributed by atoms with van der Waals surface area (Å²) in [6.45, 7) is 10.3. The van der Waals surface area contributed by atoms with Gasteiger partial charge in [-0.05, 0) is 69.5 Å². The third-order valence-electron chi connectivity index (χ3n) is 4.07. The minimum absolute atomic E-state index is 0.104. The van der Waals surface area contributed by atoms with Gasteiger partial charge in [0.2, 0.25) is 0 Å². The lowest BCUT2D eigenvalue weighted by Crippen LogP contribution is -2.37. The van der Waals surface area contributed by atoms with Gasteiger partial charge in [-0.1, -0.05) is 24.3 Å².